The maximum atomic E-state index is 12.4. The largest absolute Gasteiger partial charge is 0.369 e. The molecule has 0 atom stereocenters. The summed E-state index contributed by atoms with van der Waals surface area (Å²) in [5, 5.41) is 18.9. The van der Waals surface area contributed by atoms with Gasteiger partial charge in [0.2, 0.25) is 5.96 Å². The minimum absolute atomic E-state index is 0.0530. The molecular weight excluding hydrogens is 490 g/mol. The molecule has 0 aromatic heterocycles. The minimum Gasteiger partial charge on any atom is -0.369 e. The number of anilines is 2. The number of hydrogen-bond acceptors (Lipinski definition) is 7. The second kappa shape index (κ2) is 11.0. The Morgan fingerprint density at radius 2 is 1.36 bits per heavy atom. The number of rotatable bonds is 9. The Morgan fingerprint density at radius 1 is 0.833 bits per heavy atom. The van der Waals surface area contributed by atoms with E-state index in [0.717, 1.165) is 0 Å². The first-order valence-electron chi connectivity index (χ1n) is 10.2. The molecule has 0 saturated heterocycles. The number of carbonyl (C=O) groups excluding carboxylic acids is 2. The quantitative estimate of drug-likeness (QED) is 0.0926. The predicted octanol–water partition coefficient (Wildman–Crippen LogP) is 1.61. The number of carbonyl (C=O) groups is 2. The van der Waals surface area contributed by atoms with E-state index in [0.29, 0.717) is 16.9 Å². The molecule has 186 valence electrons. The van der Waals surface area contributed by atoms with Crippen LogP contribution in [0.5, 0.6) is 0 Å². The fraction of sp³-hybridized carbons (Fsp3) is 0.0455. The van der Waals surface area contributed by atoms with Crippen molar-refractivity contribution in [3.8, 4) is 0 Å². The number of nitro groups is 1. The van der Waals surface area contributed by atoms with E-state index in [1.165, 1.54) is 60.7 Å². The van der Waals surface area contributed by atoms with Gasteiger partial charge in [-0.3, -0.25) is 19.7 Å². The summed E-state index contributed by atoms with van der Waals surface area (Å²) >= 11 is 0. The highest BCUT2D eigenvalue weighted by Gasteiger charge is 2.13. The Morgan fingerprint density at radius 3 is 1.92 bits per heavy atom. The van der Waals surface area contributed by atoms with Gasteiger partial charge in [0.1, 0.15) is 0 Å². The Hall–Kier alpha value is -4.98. The van der Waals surface area contributed by atoms with Crippen LogP contribution in [0.25, 0.3) is 0 Å². The lowest BCUT2D eigenvalue weighted by atomic mass is 10.1. The van der Waals surface area contributed by atoms with E-state index in [4.69, 9.17) is 11.5 Å². The minimum atomic E-state index is -3.99. The number of nitrogens with one attached hydrogen (secondary N) is 3. The summed E-state index contributed by atoms with van der Waals surface area (Å²) in [6, 6.07) is 16.9. The van der Waals surface area contributed by atoms with Gasteiger partial charge in [0, 0.05) is 34.6 Å². The van der Waals surface area contributed by atoms with Gasteiger partial charge in [-0.25, -0.2) is 0 Å². The number of nitro benzene ring substituents is 1. The van der Waals surface area contributed by atoms with Gasteiger partial charge in [-0.1, -0.05) is 0 Å². The number of nitrogens with two attached hydrogens (primary N) is 2. The zero-order valence-electron chi connectivity index (χ0n) is 18.5. The van der Waals surface area contributed by atoms with Crippen LogP contribution in [0.1, 0.15) is 20.7 Å². The number of nitrogens with zero attached hydrogens (tertiary/aromatic N) is 2. The summed E-state index contributed by atoms with van der Waals surface area (Å²) in [6.45, 7) is 0.0530. The topological polar surface area (TPSA) is 212 Å². The first-order chi connectivity index (χ1) is 17.0. The number of non-ortho nitro benzene ring substituents is 1. The van der Waals surface area contributed by atoms with E-state index >= 15 is 0 Å². The summed E-state index contributed by atoms with van der Waals surface area (Å²) in [4.78, 5) is 34.7. The molecule has 0 aliphatic rings. The molecule has 3 rings (SSSR count). The van der Waals surface area contributed by atoms with Gasteiger partial charge in [0.25, 0.3) is 27.5 Å². The third kappa shape index (κ3) is 6.77. The van der Waals surface area contributed by atoms with Gasteiger partial charge in [-0.05, 0) is 60.7 Å². The van der Waals surface area contributed by atoms with Crippen molar-refractivity contribution >= 4 is 44.9 Å². The molecule has 0 saturated carbocycles. The number of amides is 2. The fourth-order valence-corrected chi connectivity index (χ4v) is 3.77. The predicted molar refractivity (Wildman–Crippen MR) is 133 cm³/mol. The Labute approximate surface area is 205 Å². The van der Waals surface area contributed by atoms with Gasteiger partial charge >= 0.3 is 0 Å². The number of hydrogen-bond donors (Lipinski definition) is 5. The molecular formula is C22H21N7O6S. The lowest BCUT2D eigenvalue weighted by Crippen LogP contribution is -2.28. The summed E-state index contributed by atoms with van der Waals surface area (Å²) in [5.74, 6) is -1.41. The Bertz CT molecular complexity index is 1400. The van der Waals surface area contributed by atoms with Gasteiger partial charge in [-0.2, -0.15) is 8.42 Å². The van der Waals surface area contributed by atoms with Crippen molar-refractivity contribution in [2.24, 2.45) is 15.9 Å². The van der Waals surface area contributed by atoms with Crippen molar-refractivity contribution in [3.05, 3.63) is 94.0 Å². The van der Waals surface area contributed by atoms with Crippen molar-refractivity contribution in [3.63, 3.8) is 0 Å². The molecule has 3 aromatic rings. The SMILES string of the molecule is NC(N)=NS(=O)(=O)c1ccc(NCNC(=O)c2ccc(NC(=O)c3ccc([N+](=O)[O-])cc3)cc2)cc1. The van der Waals surface area contributed by atoms with Crippen LogP contribution in [0.3, 0.4) is 0 Å². The van der Waals surface area contributed by atoms with Crippen molar-refractivity contribution in [1.82, 2.24) is 5.32 Å². The standard InChI is InChI=1S/C22H21N7O6S/c23-22(24)28-36(34,35)19-11-7-16(8-12-19)25-13-26-20(30)14-1-5-17(6-2-14)27-21(31)15-3-9-18(10-4-15)29(32)33/h1-12,25H,13H2,(H,26,30)(H,27,31)(H4,23,24,28). The van der Waals surface area contributed by atoms with Crippen molar-refractivity contribution in [2.75, 3.05) is 17.3 Å². The normalized spacial score (nSPS) is 10.7. The monoisotopic (exact) mass is 511 g/mol. The summed E-state index contributed by atoms with van der Waals surface area (Å²) < 4.78 is 27.1. The van der Waals surface area contributed by atoms with E-state index in [2.05, 4.69) is 20.3 Å². The second-order valence-corrected chi connectivity index (χ2v) is 8.81. The first-order valence-corrected chi connectivity index (χ1v) is 11.6. The van der Waals surface area contributed by atoms with Crippen LogP contribution in [-0.2, 0) is 10.0 Å². The molecule has 0 spiro atoms. The van der Waals surface area contributed by atoms with E-state index in [1.54, 1.807) is 12.1 Å². The van der Waals surface area contributed by atoms with E-state index < -0.39 is 26.8 Å². The zero-order chi connectivity index (χ0) is 26.3. The van der Waals surface area contributed by atoms with Crippen LogP contribution in [0.2, 0.25) is 0 Å². The molecule has 0 aliphatic heterocycles. The smallest absolute Gasteiger partial charge is 0.285 e. The zero-order valence-corrected chi connectivity index (χ0v) is 19.4. The average molecular weight is 512 g/mol. The molecule has 0 heterocycles. The van der Waals surface area contributed by atoms with Gasteiger partial charge in [0.15, 0.2) is 0 Å². The second-order valence-electron chi connectivity index (χ2n) is 7.21. The first kappa shape index (κ1) is 25.6. The molecule has 0 fully saturated rings. The van der Waals surface area contributed by atoms with E-state index in [1.807, 2.05) is 0 Å². The van der Waals surface area contributed by atoms with Crippen LogP contribution in [0.4, 0.5) is 17.1 Å². The molecule has 0 aliphatic carbocycles. The molecule has 2 amide bonds. The van der Waals surface area contributed by atoms with Gasteiger partial charge in [0.05, 0.1) is 16.5 Å². The lowest BCUT2D eigenvalue weighted by Gasteiger charge is -2.10. The Kier molecular flexibility index (Phi) is 7.81. The maximum Gasteiger partial charge on any atom is 0.285 e. The van der Waals surface area contributed by atoms with Gasteiger partial charge in [-0.15, -0.1) is 4.40 Å². The third-order valence-corrected chi connectivity index (χ3v) is 5.98. The highest BCUT2D eigenvalue weighted by atomic mass is 32.2. The molecule has 7 N–H and O–H groups in total. The molecule has 0 radical (unpaired) electrons. The van der Waals surface area contributed by atoms with Crippen molar-refractivity contribution in [2.45, 2.75) is 4.90 Å². The van der Waals surface area contributed by atoms with Crippen LogP contribution in [0, 0.1) is 10.1 Å². The van der Waals surface area contributed by atoms with Crippen LogP contribution in [-0.4, -0.2) is 37.8 Å². The van der Waals surface area contributed by atoms with Crippen LogP contribution in [0.15, 0.2) is 82.1 Å². The number of sulfonamides is 1. The molecule has 13 nitrogen and oxygen atoms in total. The maximum absolute atomic E-state index is 12.4. The third-order valence-electron chi connectivity index (χ3n) is 4.66. The Balaban J connectivity index is 1.51. The number of guanidine groups is 1. The lowest BCUT2D eigenvalue weighted by molar-refractivity contribution is -0.384. The van der Waals surface area contributed by atoms with Gasteiger partial charge < -0.3 is 27.4 Å². The molecule has 3 aromatic carbocycles. The molecule has 0 bridgehead atoms. The van der Waals surface area contributed by atoms with Crippen LogP contribution < -0.4 is 27.4 Å². The summed E-state index contributed by atoms with van der Waals surface area (Å²) in [7, 11) is -3.99. The molecule has 14 heteroatoms. The number of benzene rings is 3. The van der Waals surface area contributed by atoms with E-state index in [-0.39, 0.29) is 28.7 Å². The van der Waals surface area contributed by atoms with E-state index in [9.17, 15) is 28.1 Å². The molecule has 36 heavy (non-hydrogen) atoms. The average Bonchev–Trinajstić information content (AvgIpc) is 2.84. The molecule has 0 unspecified atom stereocenters. The van der Waals surface area contributed by atoms with Crippen molar-refractivity contribution < 1.29 is 22.9 Å². The highest BCUT2D eigenvalue weighted by molar-refractivity contribution is 7.90. The highest BCUT2D eigenvalue weighted by Crippen LogP contribution is 2.17. The summed E-state index contributed by atoms with van der Waals surface area (Å²) in [5.41, 5.74) is 11.7. The van der Waals surface area contributed by atoms with Crippen LogP contribution >= 0.6 is 0 Å². The van der Waals surface area contributed by atoms with Crippen molar-refractivity contribution in [1.29, 1.82) is 0 Å². The summed E-state index contributed by atoms with van der Waals surface area (Å²) in [6.07, 6.45) is 0. The fourth-order valence-electron chi connectivity index (χ4n) is 2.91.